The average molecular weight is 246 g/mol. The highest BCUT2D eigenvalue weighted by molar-refractivity contribution is 5.66. The number of benzene rings is 2. The Balaban J connectivity index is 2.26. The second-order valence-corrected chi connectivity index (χ2v) is 3.83. The maximum atomic E-state index is 13.5. The Labute approximate surface area is 105 Å². The van der Waals surface area contributed by atoms with E-state index in [4.69, 9.17) is 10.5 Å². The number of hydrogen-bond donors (Lipinski definition) is 2. The predicted molar refractivity (Wildman–Crippen MR) is 71.7 cm³/mol. The smallest absolute Gasteiger partial charge is 0.146 e. The van der Waals surface area contributed by atoms with Gasteiger partial charge in [0.1, 0.15) is 11.6 Å². The Morgan fingerprint density at radius 1 is 1.22 bits per heavy atom. The van der Waals surface area contributed by atoms with Crippen LogP contribution < -0.4 is 15.8 Å². The first-order valence-electron chi connectivity index (χ1n) is 5.74. The molecular formula is C14H15FN2O. The lowest BCUT2D eigenvalue weighted by Gasteiger charge is -2.11. The number of nitrogens with two attached hydrogens (primary N) is 1. The van der Waals surface area contributed by atoms with Gasteiger partial charge in [0.15, 0.2) is 0 Å². The Bertz CT molecular complexity index is 543. The standard InChI is InChI=1S/C14H15FN2O/c1-2-18-12-8-10(16)7-11(9-12)17-14-6-4-3-5-13(14)15/h3-9,17H,2,16H2,1H3. The Hall–Kier alpha value is -2.23. The van der Waals surface area contributed by atoms with Gasteiger partial charge < -0.3 is 15.8 Å². The summed E-state index contributed by atoms with van der Waals surface area (Å²) in [5.41, 5.74) is 7.44. The van der Waals surface area contributed by atoms with Crippen molar-refractivity contribution in [1.29, 1.82) is 0 Å². The van der Waals surface area contributed by atoms with E-state index >= 15 is 0 Å². The van der Waals surface area contributed by atoms with Crippen LogP contribution in [0.1, 0.15) is 6.92 Å². The molecule has 0 amide bonds. The van der Waals surface area contributed by atoms with Gasteiger partial charge in [-0.3, -0.25) is 0 Å². The molecule has 0 radical (unpaired) electrons. The molecule has 0 bridgehead atoms. The lowest BCUT2D eigenvalue weighted by molar-refractivity contribution is 0.340. The normalized spacial score (nSPS) is 10.1. The fourth-order valence-electron chi connectivity index (χ4n) is 1.66. The van der Waals surface area contributed by atoms with Gasteiger partial charge in [-0.05, 0) is 25.1 Å². The summed E-state index contributed by atoms with van der Waals surface area (Å²) in [6, 6.07) is 11.7. The summed E-state index contributed by atoms with van der Waals surface area (Å²) >= 11 is 0. The summed E-state index contributed by atoms with van der Waals surface area (Å²) in [6.07, 6.45) is 0. The van der Waals surface area contributed by atoms with Crippen LogP contribution in [0.4, 0.5) is 21.5 Å². The Kier molecular flexibility index (Phi) is 3.67. The van der Waals surface area contributed by atoms with Crippen LogP contribution in [0.5, 0.6) is 5.75 Å². The first kappa shape index (κ1) is 12.2. The van der Waals surface area contributed by atoms with Crippen molar-refractivity contribution in [3.05, 3.63) is 48.3 Å². The monoisotopic (exact) mass is 246 g/mol. The zero-order valence-electron chi connectivity index (χ0n) is 10.1. The SMILES string of the molecule is CCOc1cc(N)cc(Nc2ccccc2F)c1. The quantitative estimate of drug-likeness (QED) is 0.811. The van der Waals surface area contributed by atoms with Crippen LogP contribution in [0, 0.1) is 5.82 Å². The van der Waals surface area contributed by atoms with Crippen molar-refractivity contribution in [2.45, 2.75) is 6.92 Å². The molecule has 18 heavy (non-hydrogen) atoms. The molecule has 4 heteroatoms. The van der Waals surface area contributed by atoms with Crippen molar-refractivity contribution in [3.63, 3.8) is 0 Å². The van der Waals surface area contributed by atoms with Gasteiger partial charge >= 0.3 is 0 Å². The molecule has 0 saturated heterocycles. The zero-order chi connectivity index (χ0) is 13.0. The number of nitrogen functional groups attached to an aromatic ring is 1. The molecule has 0 spiro atoms. The number of anilines is 3. The van der Waals surface area contributed by atoms with E-state index in [0.29, 0.717) is 29.4 Å². The first-order valence-corrected chi connectivity index (χ1v) is 5.74. The lowest BCUT2D eigenvalue weighted by atomic mass is 10.2. The molecule has 0 aliphatic rings. The van der Waals surface area contributed by atoms with Crippen molar-refractivity contribution in [3.8, 4) is 5.75 Å². The van der Waals surface area contributed by atoms with E-state index in [9.17, 15) is 4.39 Å². The molecule has 3 nitrogen and oxygen atoms in total. The van der Waals surface area contributed by atoms with Gasteiger partial charge in [0, 0.05) is 23.5 Å². The van der Waals surface area contributed by atoms with E-state index in [-0.39, 0.29) is 5.82 Å². The van der Waals surface area contributed by atoms with Crippen molar-refractivity contribution < 1.29 is 9.13 Å². The van der Waals surface area contributed by atoms with Gasteiger partial charge in [0.2, 0.25) is 0 Å². The number of hydrogen-bond acceptors (Lipinski definition) is 3. The highest BCUT2D eigenvalue weighted by Crippen LogP contribution is 2.26. The molecule has 0 unspecified atom stereocenters. The van der Waals surface area contributed by atoms with Crippen LogP contribution in [0.25, 0.3) is 0 Å². The number of para-hydroxylation sites is 1. The van der Waals surface area contributed by atoms with E-state index in [2.05, 4.69) is 5.32 Å². The minimum absolute atomic E-state index is 0.308. The summed E-state index contributed by atoms with van der Waals surface area (Å²) in [6.45, 7) is 2.45. The van der Waals surface area contributed by atoms with Crippen LogP contribution in [0.3, 0.4) is 0 Å². The molecule has 0 saturated carbocycles. The first-order chi connectivity index (χ1) is 8.69. The molecule has 0 aliphatic carbocycles. The summed E-state index contributed by atoms with van der Waals surface area (Å²) in [4.78, 5) is 0. The molecule has 2 aromatic rings. The van der Waals surface area contributed by atoms with Gasteiger partial charge in [-0.25, -0.2) is 4.39 Å². The third-order valence-electron chi connectivity index (χ3n) is 2.39. The van der Waals surface area contributed by atoms with Crippen molar-refractivity contribution in [1.82, 2.24) is 0 Å². The second-order valence-electron chi connectivity index (χ2n) is 3.83. The van der Waals surface area contributed by atoms with Crippen LogP contribution in [-0.4, -0.2) is 6.61 Å². The van der Waals surface area contributed by atoms with E-state index < -0.39 is 0 Å². The largest absolute Gasteiger partial charge is 0.494 e. The summed E-state index contributed by atoms with van der Waals surface area (Å²) in [5, 5.41) is 2.98. The van der Waals surface area contributed by atoms with Gasteiger partial charge in [0.25, 0.3) is 0 Å². The predicted octanol–water partition coefficient (Wildman–Crippen LogP) is 3.55. The van der Waals surface area contributed by atoms with Gasteiger partial charge in [-0.15, -0.1) is 0 Å². The zero-order valence-corrected chi connectivity index (χ0v) is 10.1. The minimum atomic E-state index is -0.308. The number of rotatable bonds is 4. The van der Waals surface area contributed by atoms with Gasteiger partial charge in [-0.1, -0.05) is 12.1 Å². The topological polar surface area (TPSA) is 47.3 Å². The second kappa shape index (κ2) is 5.40. The molecule has 0 atom stereocenters. The van der Waals surface area contributed by atoms with Crippen LogP contribution in [-0.2, 0) is 0 Å². The molecule has 0 fully saturated rings. The summed E-state index contributed by atoms with van der Waals surface area (Å²) in [7, 11) is 0. The molecule has 0 heterocycles. The summed E-state index contributed by atoms with van der Waals surface area (Å²) < 4.78 is 18.9. The Morgan fingerprint density at radius 3 is 2.72 bits per heavy atom. The van der Waals surface area contributed by atoms with Gasteiger partial charge in [-0.2, -0.15) is 0 Å². The fraction of sp³-hybridized carbons (Fsp3) is 0.143. The van der Waals surface area contributed by atoms with Crippen LogP contribution in [0.2, 0.25) is 0 Å². The highest BCUT2D eigenvalue weighted by Gasteiger charge is 2.03. The molecule has 2 aromatic carbocycles. The third-order valence-corrected chi connectivity index (χ3v) is 2.39. The molecular weight excluding hydrogens is 231 g/mol. The minimum Gasteiger partial charge on any atom is -0.494 e. The average Bonchev–Trinajstić information content (AvgIpc) is 2.32. The van der Waals surface area contributed by atoms with Gasteiger partial charge in [0.05, 0.1) is 12.3 Å². The Morgan fingerprint density at radius 2 is 2.00 bits per heavy atom. The maximum Gasteiger partial charge on any atom is 0.146 e. The molecule has 2 rings (SSSR count). The van der Waals surface area contributed by atoms with E-state index in [1.54, 1.807) is 36.4 Å². The van der Waals surface area contributed by atoms with Crippen LogP contribution >= 0.6 is 0 Å². The van der Waals surface area contributed by atoms with Crippen molar-refractivity contribution in [2.75, 3.05) is 17.7 Å². The lowest BCUT2D eigenvalue weighted by Crippen LogP contribution is -1.98. The molecule has 3 N–H and O–H groups in total. The van der Waals surface area contributed by atoms with E-state index in [1.807, 2.05) is 6.92 Å². The number of halogens is 1. The molecule has 0 aromatic heterocycles. The van der Waals surface area contributed by atoms with E-state index in [0.717, 1.165) is 0 Å². The van der Waals surface area contributed by atoms with Crippen LogP contribution in [0.15, 0.2) is 42.5 Å². The molecule has 0 aliphatic heterocycles. The third kappa shape index (κ3) is 2.91. The van der Waals surface area contributed by atoms with E-state index in [1.165, 1.54) is 6.07 Å². The molecule has 94 valence electrons. The summed E-state index contributed by atoms with van der Waals surface area (Å²) in [5.74, 6) is 0.356. The highest BCUT2D eigenvalue weighted by atomic mass is 19.1. The van der Waals surface area contributed by atoms with Crippen molar-refractivity contribution in [2.24, 2.45) is 0 Å². The maximum absolute atomic E-state index is 13.5. The number of ether oxygens (including phenoxy) is 1. The van der Waals surface area contributed by atoms with Crippen molar-refractivity contribution >= 4 is 17.1 Å². The fourth-order valence-corrected chi connectivity index (χ4v) is 1.66. The number of nitrogens with one attached hydrogen (secondary N) is 1.